The Balaban J connectivity index is 1.64. The summed E-state index contributed by atoms with van der Waals surface area (Å²) in [4.78, 5) is 36.4. The van der Waals surface area contributed by atoms with E-state index in [4.69, 9.17) is 11.6 Å². The molecule has 134 valence electrons. The summed E-state index contributed by atoms with van der Waals surface area (Å²) >= 11 is 5.82. The van der Waals surface area contributed by atoms with E-state index < -0.39 is 5.91 Å². The summed E-state index contributed by atoms with van der Waals surface area (Å²) in [5.41, 5.74) is 1.08. The van der Waals surface area contributed by atoms with Crippen LogP contribution in [0.4, 0.5) is 5.69 Å². The lowest BCUT2D eigenvalue weighted by Gasteiger charge is -2.11. The van der Waals surface area contributed by atoms with E-state index in [0.717, 1.165) is 12.8 Å². The molecule has 0 aliphatic heterocycles. The van der Waals surface area contributed by atoms with Crippen LogP contribution in [0.5, 0.6) is 0 Å². The fourth-order valence-electron chi connectivity index (χ4n) is 2.35. The SMILES string of the molecule is O=C(CNC(=O)c1ccccc1NC(=O)c1ccc(Cl)cc1)NC1CC1. The zero-order chi connectivity index (χ0) is 18.5. The maximum Gasteiger partial charge on any atom is 0.255 e. The van der Waals surface area contributed by atoms with Crippen LogP contribution in [0.15, 0.2) is 48.5 Å². The Morgan fingerprint density at radius 2 is 1.65 bits per heavy atom. The highest BCUT2D eigenvalue weighted by Crippen LogP contribution is 2.19. The molecule has 6 nitrogen and oxygen atoms in total. The fourth-order valence-corrected chi connectivity index (χ4v) is 2.47. The van der Waals surface area contributed by atoms with Gasteiger partial charge in [0.15, 0.2) is 0 Å². The third-order valence-electron chi connectivity index (χ3n) is 3.88. The highest BCUT2D eigenvalue weighted by molar-refractivity contribution is 6.30. The Morgan fingerprint density at radius 3 is 2.35 bits per heavy atom. The Labute approximate surface area is 155 Å². The van der Waals surface area contributed by atoms with Gasteiger partial charge in [-0.05, 0) is 49.2 Å². The molecule has 2 aromatic carbocycles. The number of benzene rings is 2. The standard InChI is InChI=1S/C19H18ClN3O3/c20-13-7-5-12(6-8-13)18(25)23-16-4-2-1-3-15(16)19(26)21-11-17(24)22-14-9-10-14/h1-8,14H,9-11H2,(H,21,26)(H,22,24)(H,23,25). The van der Waals surface area contributed by atoms with Crippen molar-refractivity contribution >= 4 is 35.0 Å². The molecule has 0 saturated heterocycles. The van der Waals surface area contributed by atoms with Gasteiger partial charge >= 0.3 is 0 Å². The van der Waals surface area contributed by atoms with E-state index in [1.807, 2.05) is 0 Å². The van der Waals surface area contributed by atoms with Crippen LogP contribution in [-0.2, 0) is 4.79 Å². The van der Waals surface area contributed by atoms with Gasteiger partial charge in [0.1, 0.15) is 0 Å². The fraction of sp³-hybridized carbons (Fsp3) is 0.211. The zero-order valence-electron chi connectivity index (χ0n) is 13.9. The summed E-state index contributed by atoms with van der Waals surface area (Å²) in [6.07, 6.45) is 1.97. The van der Waals surface area contributed by atoms with Crippen molar-refractivity contribution in [2.24, 2.45) is 0 Å². The van der Waals surface area contributed by atoms with E-state index in [-0.39, 0.29) is 30.0 Å². The number of rotatable bonds is 6. The molecule has 26 heavy (non-hydrogen) atoms. The average Bonchev–Trinajstić information content (AvgIpc) is 3.44. The second-order valence-corrected chi connectivity index (χ2v) is 6.47. The van der Waals surface area contributed by atoms with Gasteiger partial charge in [-0.1, -0.05) is 23.7 Å². The van der Waals surface area contributed by atoms with Crippen molar-refractivity contribution in [3.05, 3.63) is 64.7 Å². The topological polar surface area (TPSA) is 87.3 Å². The lowest BCUT2D eigenvalue weighted by Crippen LogP contribution is -2.38. The largest absolute Gasteiger partial charge is 0.352 e. The maximum absolute atomic E-state index is 12.4. The van der Waals surface area contributed by atoms with Crippen LogP contribution in [0.25, 0.3) is 0 Å². The summed E-state index contributed by atoms with van der Waals surface area (Å²) in [7, 11) is 0. The first-order chi connectivity index (χ1) is 12.5. The van der Waals surface area contributed by atoms with Gasteiger partial charge < -0.3 is 16.0 Å². The smallest absolute Gasteiger partial charge is 0.255 e. The molecular weight excluding hydrogens is 354 g/mol. The quantitative estimate of drug-likeness (QED) is 0.729. The maximum atomic E-state index is 12.4. The second-order valence-electron chi connectivity index (χ2n) is 6.03. The van der Waals surface area contributed by atoms with Gasteiger partial charge in [-0.3, -0.25) is 14.4 Å². The molecule has 1 aliphatic carbocycles. The van der Waals surface area contributed by atoms with Crippen molar-refractivity contribution < 1.29 is 14.4 Å². The highest BCUT2D eigenvalue weighted by Gasteiger charge is 2.23. The minimum absolute atomic E-state index is 0.102. The van der Waals surface area contributed by atoms with Crippen LogP contribution >= 0.6 is 11.6 Å². The first-order valence-electron chi connectivity index (χ1n) is 8.26. The Kier molecular flexibility index (Phi) is 5.53. The molecule has 0 heterocycles. The number of nitrogens with one attached hydrogen (secondary N) is 3. The van der Waals surface area contributed by atoms with Gasteiger partial charge in [-0.15, -0.1) is 0 Å². The van der Waals surface area contributed by atoms with Crippen molar-refractivity contribution in [3.8, 4) is 0 Å². The normalized spacial score (nSPS) is 13.0. The molecule has 0 spiro atoms. The molecule has 0 unspecified atom stereocenters. The van der Waals surface area contributed by atoms with Crippen molar-refractivity contribution in [1.82, 2.24) is 10.6 Å². The van der Waals surface area contributed by atoms with Crippen LogP contribution in [0, 0.1) is 0 Å². The van der Waals surface area contributed by atoms with Gasteiger partial charge in [0.05, 0.1) is 17.8 Å². The van der Waals surface area contributed by atoms with E-state index in [2.05, 4.69) is 16.0 Å². The lowest BCUT2D eigenvalue weighted by molar-refractivity contribution is -0.120. The number of carbonyl (C=O) groups excluding carboxylic acids is 3. The first kappa shape index (κ1) is 17.9. The third-order valence-corrected chi connectivity index (χ3v) is 4.13. The summed E-state index contributed by atoms with van der Waals surface area (Å²) in [6, 6.07) is 13.3. The van der Waals surface area contributed by atoms with E-state index in [9.17, 15) is 14.4 Å². The number of hydrogen-bond donors (Lipinski definition) is 3. The number of para-hydroxylation sites is 1. The van der Waals surface area contributed by atoms with Gasteiger partial charge in [0, 0.05) is 16.6 Å². The predicted molar refractivity (Wildman–Crippen MR) is 99.3 cm³/mol. The zero-order valence-corrected chi connectivity index (χ0v) is 14.7. The minimum Gasteiger partial charge on any atom is -0.352 e. The average molecular weight is 372 g/mol. The number of carbonyl (C=O) groups is 3. The summed E-state index contributed by atoms with van der Waals surface area (Å²) < 4.78 is 0. The van der Waals surface area contributed by atoms with Gasteiger partial charge in [-0.2, -0.15) is 0 Å². The van der Waals surface area contributed by atoms with E-state index in [1.54, 1.807) is 48.5 Å². The molecule has 0 atom stereocenters. The van der Waals surface area contributed by atoms with E-state index in [0.29, 0.717) is 16.3 Å². The molecule has 0 aromatic heterocycles. The first-order valence-corrected chi connectivity index (χ1v) is 8.64. The molecule has 1 aliphatic rings. The number of halogens is 1. The van der Waals surface area contributed by atoms with Crippen LogP contribution in [0.1, 0.15) is 33.6 Å². The molecule has 7 heteroatoms. The molecule has 1 fully saturated rings. The number of hydrogen-bond acceptors (Lipinski definition) is 3. The molecule has 0 radical (unpaired) electrons. The monoisotopic (exact) mass is 371 g/mol. The van der Waals surface area contributed by atoms with Gasteiger partial charge in [0.2, 0.25) is 5.91 Å². The third kappa shape index (κ3) is 4.83. The van der Waals surface area contributed by atoms with Crippen molar-refractivity contribution in [2.45, 2.75) is 18.9 Å². The molecule has 3 rings (SSSR count). The molecular formula is C19H18ClN3O3. The molecule has 2 aromatic rings. The molecule has 1 saturated carbocycles. The summed E-state index contributed by atoms with van der Waals surface area (Å²) in [5, 5.41) is 8.62. The van der Waals surface area contributed by atoms with Crippen molar-refractivity contribution in [3.63, 3.8) is 0 Å². The summed E-state index contributed by atoms with van der Waals surface area (Å²) in [5.74, 6) is -1.00. The van der Waals surface area contributed by atoms with Gasteiger partial charge in [-0.25, -0.2) is 0 Å². The predicted octanol–water partition coefficient (Wildman–Crippen LogP) is 2.60. The number of amides is 3. The van der Waals surface area contributed by atoms with Crippen LogP contribution in [0.2, 0.25) is 5.02 Å². The molecule has 3 N–H and O–H groups in total. The van der Waals surface area contributed by atoms with E-state index >= 15 is 0 Å². The highest BCUT2D eigenvalue weighted by atomic mass is 35.5. The second kappa shape index (κ2) is 8.01. The molecule has 3 amide bonds. The summed E-state index contributed by atoms with van der Waals surface area (Å²) in [6.45, 7) is -0.102. The van der Waals surface area contributed by atoms with E-state index in [1.165, 1.54) is 0 Å². The van der Waals surface area contributed by atoms with Crippen LogP contribution in [0.3, 0.4) is 0 Å². The van der Waals surface area contributed by atoms with Crippen molar-refractivity contribution in [2.75, 3.05) is 11.9 Å². The number of anilines is 1. The van der Waals surface area contributed by atoms with Crippen LogP contribution < -0.4 is 16.0 Å². The van der Waals surface area contributed by atoms with Crippen LogP contribution in [-0.4, -0.2) is 30.3 Å². The van der Waals surface area contributed by atoms with Crippen molar-refractivity contribution in [1.29, 1.82) is 0 Å². The Hall–Kier alpha value is -2.86. The molecule has 0 bridgehead atoms. The lowest BCUT2D eigenvalue weighted by atomic mass is 10.1. The van der Waals surface area contributed by atoms with Gasteiger partial charge in [0.25, 0.3) is 11.8 Å². The Bertz CT molecular complexity index is 832. The minimum atomic E-state index is -0.428. The Morgan fingerprint density at radius 1 is 0.962 bits per heavy atom.